The van der Waals surface area contributed by atoms with E-state index in [1.165, 1.54) is 0 Å². The predicted molar refractivity (Wildman–Crippen MR) is 37.0 cm³/mol. The lowest BCUT2D eigenvalue weighted by molar-refractivity contribution is 0.212. The highest BCUT2D eigenvalue weighted by molar-refractivity contribution is 4.59. The second kappa shape index (κ2) is 7.34. The van der Waals surface area contributed by atoms with Crippen molar-refractivity contribution in [2.24, 2.45) is 0 Å². The first-order valence-electron chi connectivity index (χ1n) is 3.30. The van der Waals surface area contributed by atoms with Gasteiger partial charge in [0.25, 0.3) is 0 Å². The summed E-state index contributed by atoms with van der Waals surface area (Å²) in [7, 11) is 0. The molecule has 0 aromatic carbocycles. The van der Waals surface area contributed by atoms with Crippen LogP contribution in [-0.2, 0) is 9.47 Å². The zero-order valence-electron chi connectivity index (χ0n) is 6.09. The van der Waals surface area contributed by atoms with Crippen LogP contribution in [0.5, 0.6) is 0 Å². The fraction of sp³-hybridized carbons (Fsp3) is 0.714. The lowest BCUT2D eigenvalue weighted by Gasteiger charge is -1.95. The molecule has 9 heavy (non-hydrogen) atoms. The second-order valence-electron chi connectivity index (χ2n) is 1.60. The molecule has 0 aromatic heterocycles. The SMILES string of the molecule is CCCOC=COCC. The zero-order valence-corrected chi connectivity index (χ0v) is 6.09. The maximum Gasteiger partial charge on any atom is 0.117 e. The van der Waals surface area contributed by atoms with Gasteiger partial charge in [-0.2, -0.15) is 0 Å². The van der Waals surface area contributed by atoms with E-state index in [1.54, 1.807) is 12.5 Å². The van der Waals surface area contributed by atoms with Gasteiger partial charge in [0, 0.05) is 0 Å². The molecule has 0 aliphatic heterocycles. The molecule has 0 saturated carbocycles. The van der Waals surface area contributed by atoms with E-state index < -0.39 is 0 Å². The van der Waals surface area contributed by atoms with Crippen LogP contribution in [0.1, 0.15) is 20.3 Å². The van der Waals surface area contributed by atoms with E-state index in [4.69, 9.17) is 9.47 Å². The summed E-state index contributed by atoms with van der Waals surface area (Å²) in [6.45, 7) is 5.47. The third-order valence-corrected chi connectivity index (χ3v) is 0.737. The van der Waals surface area contributed by atoms with Crippen LogP contribution >= 0.6 is 0 Å². The molecule has 0 aromatic rings. The van der Waals surface area contributed by atoms with E-state index in [1.807, 2.05) is 6.92 Å². The molecule has 2 nitrogen and oxygen atoms in total. The van der Waals surface area contributed by atoms with Crippen LogP contribution in [-0.4, -0.2) is 13.2 Å². The van der Waals surface area contributed by atoms with Gasteiger partial charge in [0.1, 0.15) is 12.5 Å². The topological polar surface area (TPSA) is 18.5 Å². The fourth-order valence-electron chi connectivity index (χ4n) is 0.361. The molecule has 0 atom stereocenters. The maximum absolute atomic E-state index is 4.98. The van der Waals surface area contributed by atoms with E-state index in [0.717, 1.165) is 13.0 Å². The number of hydrogen-bond donors (Lipinski definition) is 0. The lowest BCUT2D eigenvalue weighted by Crippen LogP contribution is -1.83. The molecule has 0 rings (SSSR count). The first kappa shape index (κ1) is 8.34. The Kier molecular flexibility index (Phi) is 6.80. The molecule has 0 heterocycles. The molecular formula is C7H14O2. The third kappa shape index (κ3) is 7.34. The minimum absolute atomic E-state index is 0.700. The van der Waals surface area contributed by atoms with Gasteiger partial charge in [-0.1, -0.05) is 6.92 Å². The Hall–Kier alpha value is -0.660. The Balaban J connectivity index is 2.86. The summed E-state index contributed by atoms with van der Waals surface area (Å²) in [5.74, 6) is 0. The molecule has 0 radical (unpaired) electrons. The molecule has 0 fully saturated rings. The molecule has 0 aliphatic rings. The van der Waals surface area contributed by atoms with Crippen molar-refractivity contribution in [1.29, 1.82) is 0 Å². The van der Waals surface area contributed by atoms with Crippen LogP contribution in [0.2, 0.25) is 0 Å². The van der Waals surface area contributed by atoms with E-state index in [9.17, 15) is 0 Å². The normalized spacial score (nSPS) is 10.0. The van der Waals surface area contributed by atoms with Gasteiger partial charge in [0.2, 0.25) is 0 Å². The highest BCUT2D eigenvalue weighted by atomic mass is 16.5. The molecule has 0 aliphatic carbocycles. The molecule has 0 amide bonds. The summed E-state index contributed by atoms with van der Waals surface area (Å²) in [6.07, 6.45) is 4.18. The zero-order chi connectivity index (χ0) is 6.95. The summed E-state index contributed by atoms with van der Waals surface area (Å²) < 4.78 is 9.85. The van der Waals surface area contributed by atoms with Crippen LogP contribution in [0.15, 0.2) is 12.5 Å². The third-order valence-electron chi connectivity index (χ3n) is 0.737. The van der Waals surface area contributed by atoms with Crippen molar-refractivity contribution >= 4 is 0 Å². The molecule has 0 bridgehead atoms. The molecule has 54 valence electrons. The van der Waals surface area contributed by atoms with Crippen molar-refractivity contribution in [2.75, 3.05) is 13.2 Å². The summed E-state index contributed by atoms with van der Waals surface area (Å²) in [5, 5.41) is 0. The molecule has 0 saturated heterocycles. The molecule has 0 N–H and O–H groups in total. The Morgan fingerprint density at radius 1 is 1.11 bits per heavy atom. The van der Waals surface area contributed by atoms with Gasteiger partial charge < -0.3 is 9.47 Å². The van der Waals surface area contributed by atoms with Crippen LogP contribution in [0.25, 0.3) is 0 Å². The van der Waals surface area contributed by atoms with Crippen molar-refractivity contribution in [1.82, 2.24) is 0 Å². The minimum Gasteiger partial charge on any atom is -0.498 e. The highest BCUT2D eigenvalue weighted by Crippen LogP contribution is 1.82. The largest absolute Gasteiger partial charge is 0.498 e. The Labute approximate surface area is 56.5 Å². The van der Waals surface area contributed by atoms with Gasteiger partial charge in [0.05, 0.1) is 13.2 Å². The van der Waals surface area contributed by atoms with Crippen LogP contribution < -0.4 is 0 Å². The van der Waals surface area contributed by atoms with Crippen LogP contribution in [0.4, 0.5) is 0 Å². The first-order chi connectivity index (χ1) is 4.41. The molecule has 0 unspecified atom stereocenters. The van der Waals surface area contributed by atoms with Crippen molar-refractivity contribution < 1.29 is 9.47 Å². The Morgan fingerprint density at radius 3 is 2.33 bits per heavy atom. The quantitative estimate of drug-likeness (QED) is 0.418. The predicted octanol–water partition coefficient (Wildman–Crippen LogP) is 1.92. The van der Waals surface area contributed by atoms with Gasteiger partial charge in [-0.15, -0.1) is 0 Å². The molecule has 0 spiro atoms. The second-order valence-corrected chi connectivity index (χ2v) is 1.60. The Morgan fingerprint density at radius 2 is 1.78 bits per heavy atom. The van der Waals surface area contributed by atoms with Crippen LogP contribution in [0, 0.1) is 0 Å². The van der Waals surface area contributed by atoms with Crippen molar-refractivity contribution in [2.45, 2.75) is 20.3 Å². The Bertz CT molecular complexity index is 69.3. The maximum atomic E-state index is 4.98. The standard InChI is InChI=1S/C7H14O2/c1-3-5-9-7-6-8-4-2/h6-7H,3-5H2,1-2H3. The monoisotopic (exact) mass is 130 g/mol. The van der Waals surface area contributed by atoms with Crippen molar-refractivity contribution in [3.05, 3.63) is 12.5 Å². The average molecular weight is 130 g/mol. The number of rotatable bonds is 5. The highest BCUT2D eigenvalue weighted by Gasteiger charge is 1.73. The van der Waals surface area contributed by atoms with E-state index >= 15 is 0 Å². The van der Waals surface area contributed by atoms with Gasteiger partial charge in [-0.05, 0) is 13.3 Å². The van der Waals surface area contributed by atoms with E-state index in [0.29, 0.717) is 6.61 Å². The first-order valence-corrected chi connectivity index (χ1v) is 3.30. The van der Waals surface area contributed by atoms with Gasteiger partial charge in [-0.25, -0.2) is 0 Å². The minimum atomic E-state index is 0.700. The number of ether oxygens (including phenoxy) is 2. The summed E-state index contributed by atoms with van der Waals surface area (Å²) in [4.78, 5) is 0. The van der Waals surface area contributed by atoms with Gasteiger partial charge in [0.15, 0.2) is 0 Å². The molecule has 2 heteroatoms. The fourth-order valence-corrected chi connectivity index (χ4v) is 0.361. The number of hydrogen-bond acceptors (Lipinski definition) is 2. The molecular weight excluding hydrogens is 116 g/mol. The summed E-state index contributed by atoms with van der Waals surface area (Å²) in [6, 6.07) is 0. The van der Waals surface area contributed by atoms with Gasteiger partial charge in [-0.3, -0.25) is 0 Å². The van der Waals surface area contributed by atoms with Gasteiger partial charge >= 0.3 is 0 Å². The summed E-state index contributed by atoms with van der Waals surface area (Å²) >= 11 is 0. The van der Waals surface area contributed by atoms with E-state index in [2.05, 4.69) is 6.92 Å². The van der Waals surface area contributed by atoms with Crippen molar-refractivity contribution in [3.63, 3.8) is 0 Å². The van der Waals surface area contributed by atoms with E-state index in [-0.39, 0.29) is 0 Å². The van der Waals surface area contributed by atoms with Crippen molar-refractivity contribution in [3.8, 4) is 0 Å². The average Bonchev–Trinajstić information content (AvgIpc) is 1.89. The smallest absolute Gasteiger partial charge is 0.117 e. The van der Waals surface area contributed by atoms with Crippen LogP contribution in [0.3, 0.4) is 0 Å². The lowest BCUT2D eigenvalue weighted by atomic mass is 10.5. The summed E-state index contributed by atoms with van der Waals surface area (Å²) in [5.41, 5.74) is 0.